The first-order valence-corrected chi connectivity index (χ1v) is 5.76. The van der Waals surface area contributed by atoms with E-state index in [0.29, 0.717) is 6.04 Å². The number of hydrogen-bond acceptors (Lipinski definition) is 4. The Balaban J connectivity index is 2.49. The van der Waals surface area contributed by atoms with Crippen molar-refractivity contribution >= 4 is 11.3 Å². The Kier molecular flexibility index (Phi) is 5.07. The topological polar surface area (TPSA) is 34.2 Å². The Bertz CT molecular complexity index is 262. The Morgan fingerprint density at radius 1 is 1.64 bits per heavy atom. The highest BCUT2D eigenvalue weighted by Crippen LogP contribution is 2.20. The summed E-state index contributed by atoms with van der Waals surface area (Å²) < 4.78 is 5.01. The summed E-state index contributed by atoms with van der Waals surface area (Å²) in [6, 6.07) is 0.411. The van der Waals surface area contributed by atoms with E-state index in [4.69, 9.17) is 4.74 Å². The van der Waals surface area contributed by atoms with Crippen molar-refractivity contribution in [1.29, 1.82) is 0 Å². The van der Waals surface area contributed by atoms with Gasteiger partial charge in [-0.25, -0.2) is 4.98 Å². The van der Waals surface area contributed by atoms with Crippen LogP contribution in [-0.2, 0) is 11.2 Å². The third-order valence-electron chi connectivity index (χ3n) is 2.03. The number of nitrogens with zero attached hydrogens (tertiary/aromatic N) is 1. The van der Waals surface area contributed by atoms with Gasteiger partial charge in [0.25, 0.3) is 0 Å². The predicted molar refractivity (Wildman–Crippen MR) is 59.8 cm³/mol. The Morgan fingerprint density at radius 3 is 3.07 bits per heavy atom. The van der Waals surface area contributed by atoms with Crippen molar-refractivity contribution in [2.45, 2.75) is 26.3 Å². The van der Waals surface area contributed by atoms with E-state index in [1.165, 1.54) is 4.88 Å². The molecule has 80 valence electrons. The highest BCUT2D eigenvalue weighted by Gasteiger charge is 2.07. The van der Waals surface area contributed by atoms with E-state index in [2.05, 4.69) is 24.1 Å². The second-order valence-electron chi connectivity index (χ2n) is 3.18. The number of methoxy groups -OCH3 is 1. The standard InChI is InChI=1S/C10H18N2OS/c1-4-11-8(2)9-7-12-10(14-9)5-6-13-3/h7-8,11H,4-6H2,1-3H3. The van der Waals surface area contributed by atoms with Gasteiger partial charge >= 0.3 is 0 Å². The van der Waals surface area contributed by atoms with E-state index >= 15 is 0 Å². The molecule has 0 radical (unpaired) electrons. The molecule has 0 aliphatic rings. The molecular weight excluding hydrogens is 196 g/mol. The predicted octanol–water partition coefficient (Wildman–Crippen LogP) is 2.00. The van der Waals surface area contributed by atoms with Gasteiger partial charge in [-0.2, -0.15) is 0 Å². The molecule has 0 amide bonds. The summed E-state index contributed by atoms with van der Waals surface area (Å²) in [5, 5.41) is 4.53. The van der Waals surface area contributed by atoms with Crippen LogP contribution in [0, 0.1) is 0 Å². The molecule has 0 saturated carbocycles. The minimum atomic E-state index is 0.411. The van der Waals surface area contributed by atoms with Crippen LogP contribution in [-0.4, -0.2) is 25.2 Å². The number of hydrogen-bond donors (Lipinski definition) is 1. The van der Waals surface area contributed by atoms with Crippen molar-refractivity contribution < 1.29 is 4.74 Å². The summed E-state index contributed by atoms with van der Waals surface area (Å²) >= 11 is 1.77. The maximum absolute atomic E-state index is 5.01. The molecule has 0 aliphatic carbocycles. The third kappa shape index (κ3) is 3.36. The van der Waals surface area contributed by atoms with Gasteiger partial charge in [0.1, 0.15) is 0 Å². The zero-order valence-electron chi connectivity index (χ0n) is 9.04. The number of aromatic nitrogens is 1. The first-order valence-electron chi connectivity index (χ1n) is 4.94. The van der Waals surface area contributed by atoms with Gasteiger partial charge in [0.15, 0.2) is 0 Å². The maximum Gasteiger partial charge on any atom is 0.0951 e. The zero-order valence-corrected chi connectivity index (χ0v) is 9.86. The van der Waals surface area contributed by atoms with Crippen molar-refractivity contribution in [3.05, 3.63) is 16.1 Å². The Hall–Kier alpha value is -0.450. The smallest absolute Gasteiger partial charge is 0.0951 e. The fraction of sp³-hybridized carbons (Fsp3) is 0.700. The first-order chi connectivity index (χ1) is 6.77. The van der Waals surface area contributed by atoms with Gasteiger partial charge in [0.2, 0.25) is 0 Å². The van der Waals surface area contributed by atoms with Gasteiger partial charge in [-0.15, -0.1) is 11.3 Å². The lowest BCUT2D eigenvalue weighted by atomic mass is 10.3. The SMILES string of the molecule is CCNC(C)c1cnc(CCOC)s1. The molecule has 0 bridgehead atoms. The summed E-state index contributed by atoms with van der Waals surface area (Å²) in [6.07, 6.45) is 2.88. The van der Waals surface area contributed by atoms with Gasteiger partial charge in [-0.3, -0.25) is 0 Å². The fourth-order valence-electron chi connectivity index (χ4n) is 1.24. The van der Waals surface area contributed by atoms with Crippen LogP contribution in [0.4, 0.5) is 0 Å². The lowest BCUT2D eigenvalue weighted by molar-refractivity contribution is 0.202. The molecule has 4 heteroatoms. The fourth-order valence-corrected chi connectivity index (χ4v) is 2.16. The minimum absolute atomic E-state index is 0.411. The van der Waals surface area contributed by atoms with Crippen LogP contribution in [0.3, 0.4) is 0 Å². The number of ether oxygens (including phenoxy) is 1. The number of nitrogens with one attached hydrogen (secondary N) is 1. The number of rotatable bonds is 6. The lowest BCUT2D eigenvalue weighted by Gasteiger charge is -2.08. The average molecular weight is 214 g/mol. The van der Waals surface area contributed by atoms with Gasteiger partial charge in [0.05, 0.1) is 11.6 Å². The van der Waals surface area contributed by atoms with E-state index in [1.807, 2.05) is 6.20 Å². The summed E-state index contributed by atoms with van der Waals surface area (Å²) in [6.45, 7) is 6.02. The lowest BCUT2D eigenvalue weighted by Crippen LogP contribution is -2.16. The molecular formula is C10H18N2OS. The van der Waals surface area contributed by atoms with Crippen LogP contribution in [0.1, 0.15) is 29.8 Å². The molecule has 14 heavy (non-hydrogen) atoms. The average Bonchev–Trinajstić information content (AvgIpc) is 2.63. The minimum Gasteiger partial charge on any atom is -0.384 e. The molecule has 1 atom stereocenters. The van der Waals surface area contributed by atoms with E-state index in [9.17, 15) is 0 Å². The van der Waals surface area contributed by atoms with Gasteiger partial charge in [-0.1, -0.05) is 6.92 Å². The Labute approximate surface area is 89.5 Å². The molecule has 0 aliphatic heterocycles. The highest BCUT2D eigenvalue weighted by molar-refractivity contribution is 7.11. The van der Waals surface area contributed by atoms with Crippen LogP contribution < -0.4 is 5.32 Å². The van der Waals surface area contributed by atoms with Gasteiger partial charge in [-0.05, 0) is 13.5 Å². The first kappa shape index (κ1) is 11.6. The third-order valence-corrected chi connectivity index (χ3v) is 3.27. The summed E-state index contributed by atoms with van der Waals surface area (Å²) in [5.74, 6) is 0. The molecule has 1 aromatic heterocycles. The van der Waals surface area contributed by atoms with Gasteiger partial charge in [0, 0.05) is 30.6 Å². The second-order valence-corrected chi connectivity index (χ2v) is 4.33. The highest BCUT2D eigenvalue weighted by atomic mass is 32.1. The van der Waals surface area contributed by atoms with E-state index < -0.39 is 0 Å². The van der Waals surface area contributed by atoms with Crippen molar-refractivity contribution in [2.75, 3.05) is 20.3 Å². The largest absolute Gasteiger partial charge is 0.384 e. The summed E-state index contributed by atoms with van der Waals surface area (Å²) in [7, 11) is 1.72. The number of thiazole rings is 1. The molecule has 1 heterocycles. The zero-order chi connectivity index (χ0) is 10.4. The molecule has 1 N–H and O–H groups in total. The summed E-state index contributed by atoms with van der Waals surface area (Å²) in [5.41, 5.74) is 0. The monoisotopic (exact) mass is 214 g/mol. The Morgan fingerprint density at radius 2 is 2.43 bits per heavy atom. The van der Waals surface area contributed by atoms with Crippen molar-refractivity contribution in [3.8, 4) is 0 Å². The van der Waals surface area contributed by atoms with E-state index in [0.717, 1.165) is 24.6 Å². The molecule has 0 spiro atoms. The van der Waals surface area contributed by atoms with Crippen LogP contribution >= 0.6 is 11.3 Å². The van der Waals surface area contributed by atoms with Crippen molar-refractivity contribution in [3.63, 3.8) is 0 Å². The molecule has 0 fully saturated rings. The van der Waals surface area contributed by atoms with E-state index in [1.54, 1.807) is 18.4 Å². The molecule has 1 aromatic rings. The second kappa shape index (κ2) is 6.11. The molecule has 0 aromatic carbocycles. The molecule has 1 unspecified atom stereocenters. The molecule has 0 saturated heterocycles. The van der Waals surface area contributed by atoms with E-state index in [-0.39, 0.29) is 0 Å². The van der Waals surface area contributed by atoms with Crippen LogP contribution in [0.5, 0.6) is 0 Å². The van der Waals surface area contributed by atoms with Crippen molar-refractivity contribution in [2.24, 2.45) is 0 Å². The summed E-state index contributed by atoms with van der Waals surface area (Å²) in [4.78, 5) is 5.66. The molecule has 3 nitrogen and oxygen atoms in total. The van der Waals surface area contributed by atoms with Crippen LogP contribution in [0.15, 0.2) is 6.20 Å². The quantitative estimate of drug-likeness (QED) is 0.786. The van der Waals surface area contributed by atoms with Crippen LogP contribution in [0.2, 0.25) is 0 Å². The molecule has 1 rings (SSSR count). The van der Waals surface area contributed by atoms with Crippen molar-refractivity contribution in [1.82, 2.24) is 10.3 Å². The van der Waals surface area contributed by atoms with Gasteiger partial charge < -0.3 is 10.1 Å². The normalized spacial score (nSPS) is 13.1. The maximum atomic E-state index is 5.01. The van der Waals surface area contributed by atoms with Crippen LogP contribution in [0.25, 0.3) is 0 Å².